The summed E-state index contributed by atoms with van der Waals surface area (Å²) in [4.78, 5) is 31.4. The lowest BCUT2D eigenvalue weighted by Crippen LogP contribution is -2.50. The molecule has 1 fully saturated rings. The molecular weight excluding hydrogens is 424 g/mol. The summed E-state index contributed by atoms with van der Waals surface area (Å²) in [7, 11) is 0. The van der Waals surface area contributed by atoms with Crippen molar-refractivity contribution in [2.75, 3.05) is 39.3 Å². The quantitative estimate of drug-likeness (QED) is 0.499. The molecule has 2 aromatic carbocycles. The number of rotatable bonds is 10. The van der Waals surface area contributed by atoms with Gasteiger partial charge < -0.3 is 9.80 Å². The zero-order valence-electron chi connectivity index (χ0n) is 19.3. The van der Waals surface area contributed by atoms with Gasteiger partial charge in [-0.3, -0.25) is 14.5 Å². The fourth-order valence-corrected chi connectivity index (χ4v) is 4.00. The van der Waals surface area contributed by atoms with Crippen molar-refractivity contribution < 1.29 is 18.4 Å². The fourth-order valence-electron chi connectivity index (χ4n) is 4.00. The number of piperazine rings is 1. The van der Waals surface area contributed by atoms with Crippen molar-refractivity contribution in [3.05, 3.63) is 71.3 Å². The highest BCUT2D eigenvalue weighted by Crippen LogP contribution is 2.13. The molecule has 33 heavy (non-hydrogen) atoms. The Bertz CT molecular complexity index is 895. The molecule has 7 heteroatoms. The number of carbonyl (C=O) groups is 2. The van der Waals surface area contributed by atoms with Crippen LogP contribution in [-0.4, -0.2) is 65.8 Å². The van der Waals surface area contributed by atoms with Crippen LogP contribution >= 0.6 is 0 Å². The molecule has 0 bridgehead atoms. The van der Waals surface area contributed by atoms with Gasteiger partial charge in [-0.2, -0.15) is 0 Å². The van der Waals surface area contributed by atoms with Gasteiger partial charge in [-0.05, 0) is 48.4 Å². The molecule has 2 aromatic rings. The summed E-state index contributed by atoms with van der Waals surface area (Å²) in [5.74, 6) is -0.674. The van der Waals surface area contributed by atoms with Crippen molar-refractivity contribution in [1.29, 1.82) is 0 Å². The Kier molecular flexibility index (Phi) is 9.36. The Morgan fingerprint density at radius 1 is 0.879 bits per heavy atom. The molecule has 1 saturated heterocycles. The van der Waals surface area contributed by atoms with E-state index in [2.05, 4.69) is 11.8 Å². The third-order valence-electron chi connectivity index (χ3n) is 6.07. The van der Waals surface area contributed by atoms with E-state index in [0.29, 0.717) is 44.7 Å². The molecule has 1 aliphatic heterocycles. The van der Waals surface area contributed by atoms with E-state index < -0.39 is 5.82 Å². The third-order valence-corrected chi connectivity index (χ3v) is 6.07. The lowest BCUT2D eigenvalue weighted by atomic mass is 10.1. The Labute approximate surface area is 195 Å². The van der Waals surface area contributed by atoms with Crippen molar-refractivity contribution >= 4 is 11.8 Å². The predicted molar refractivity (Wildman–Crippen MR) is 125 cm³/mol. The van der Waals surface area contributed by atoms with Gasteiger partial charge in [0.05, 0.1) is 0 Å². The van der Waals surface area contributed by atoms with E-state index in [4.69, 9.17) is 0 Å². The second-order valence-corrected chi connectivity index (χ2v) is 8.54. The highest BCUT2D eigenvalue weighted by molar-refractivity contribution is 5.94. The van der Waals surface area contributed by atoms with E-state index in [9.17, 15) is 18.4 Å². The predicted octanol–water partition coefficient (Wildman–Crippen LogP) is 4.33. The molecule has 0 aliphatic carbocycles. The minimum Gasteiger partial charge on any atom is -0.340 e. The zero-order valence-corrected chi connectivity index (χ0v) is 19.3. The van der Waals surface area contributed by atoms with Gasteiger partial charge in [-0.15, -0.1) is 0 Å². The second kappa shape index (κ2) is 12.4. The van der Waals surface area contributed by atoms with Crippen molar-refractivity contribution in [2.24, 2.45) is 0 Å². The minimum absolute atomic E-state index is 0.191. The molecule has 0 unspecified atom stereocenters. The Morgan fingerprint density at radius 2 is 1.48 bits per heavy atom. The number of halogens is 2. The minimum atomic E-state index is -0.390. The first kappa shape index (κ1) is 24.8. The van der Waals surface area contributed by atoms with Crippen molar-refractivity contribution in [1.82, 2.24) is 14.7 Å². The Balaban J connectivity index is 1.57. The first-order valence-electron chi connectivity index (χ1n) is 11.8. The molecule has 2 amide bonds. The molecule has 0 atom stereocenters. The van der Waals surface area contributed by atoms with Crippen molar-refractivity contribution in [2.45, 2.75) is 39.2 Å². The maximum absolute atomic E-state index is 13.3. The number of hydrogen-bond acceptors (Lipinski definition) is 3. The molecule has 178 valence electrons. The molecule has 0 spiro atoms. The zero-order chi connectivity index (χ0) is 23.6. The lowest BCUT2D eigenvalue weighted by molar-refractivity contribution is -0.133. The first-order valence-corrected chi connectivity index (χ1v) is 11.8. The largest absolute Gasteiger partial charge is 0.340 e. The Hall–Kier alpha value is -2.80. The molecule has 3 rings (SSSR count). The first-order chi connectivity index (χ1) is 16.0. The van der Waals surface area contributed by atoms with Gasteiger partial charge in [0, 0.05) is 57.8 Å². The molecule has 1 aliphatic rings. The van der Waals surface area contributed by atoms with Crippen LogP contribution in [0.4, 0.5) is 8.78 Å². The van der Waals surface area contributed by atoms with Gasteiger partial charge in [0.25, 0.3) is 5.91 Å². The van der Waals surface area contributed by atoms with Crippen LogP contribution in [0.3, 0.4) is 0 Å². The van der Waals surface area contributed by atoms with Gasteiger partial charge in [0.1, 0.15) is 11.6 Å². The normalized spacial score (nSPS) is 14.3. The van der Waals surface area contributed by atoms with Gasteiger partial charge in [-0.25, -0.2) is 8.78 Å². The number of carbonyl (C=O) groups excluding carboxylic acids is 2. The smallest absolute Gasteiger partial charge is 0.254 e. The molecule has 0 saturated carbocycles. The number of unbranched alkanes of at least 4 members (excludes halogenated alkanes) is 2. The third kappa shape index (κ3) is 7.63. The lowest BCUT2D eigenvalue weighted by Gasteiger charge is -2.36. The maximum Gasteiger partial charge on any atom is 0.254 e. The van der Waals surface area contributed by atoms with Crippen LogP contribution < -0.4 is 0 Å². The SMILES string of the molecule is CCCCCC(=O)N1CCN(CCN(Cc2ccc(F)cc2)C(=O)c2ccc(F)cc2)CC1. The standard InChI is InChI=1S/C26H33F2N3O2/c1-2-3-4-5-25(32)30-17-14-29(15-18-30)16-19-31(20-21-6-10-23(27)11-7-21)26(33)22-8-12-24(28)13-9-22/h6-13H,2-5,14-20H2,1H3. The molecule has 5 nitrogen and oxygen atoms in total. The van der Waals surface area contributed by atoms with Gasteiger partial charge in [0.15, 0.2) is 0 Å². The molecule has 0 N–H and O–H groups in total. The second-order valence-electron chi connectivity index (χ2n) is 8.54. The molecule has 0 radical (unpaired) electrons. The van der Waals surface area contributed by atoms with Crippen LogP contribution in [0.25, 0.3) is 0 Å². The average Bonchev–Trinajstić information content (AvgIpc) is 2.83. The van der Waals surface area contributed by atoms with E-state index >= 15 is 0 Å². The molecule has 0 aromatic heterocycles. The van der Waals surface area contributed by atoms with Crippen LogP contribution in [0.15, 0.2) is 48.5 Å². The van der Waals surface area contributed by atoms with E-state index in [1.165, 1.54) is 36.4 Å². The van der Waals surface area contributed by atoms with Gasteiger partial charge in [0.2, 0.25) is 5.91 Å². The summed E-state index contributed by atoms with van der Waals surface area (Å²) in [6, 6.07) is 11.6. The average molecular weight is 458 g/mol. The number of amides is 2. The summed E-state index contributed by atoms with van der Waals surface area (Å²) >= 11 is 0. The van der Waals surface area contributed by atoms with E-state index in [1.807, 2.05) is 4.90 Å². The van der Waals surface area contributed by atoms with Crippen molar-refractivity contribution in [3.63, 3.8) is 0 Å². The Morgan fingerprint density at radius 3 is 2.09 bits per heavy atom. The monoisotopic (exact) mass is 457 g/mol. The molecular formula is C26H33F2N3O2. The van der Waals surface area contributed by atoms with Crippen molar-refractivity contribution in [3.8, 4) is 0 Å². The van der Waals surface area contributed by atoms with Crippen LogP contribution in [0.1, 0.15) is 48.5 Å². The number of hydrogen-bond donors (Lipinski definition) is 0. The summed E-state index contributed by atoms with van der Waals surface area (Å²) in [6.45, 7) is 6.58. The van der Waals surface area contributed by atoms with Crippen LogP contribution in [-0.2, 0) is 11.3 Å². The summed E-state index contributed by atoms with van der Waals surface area (Å²) in [5.41, 5.74) is 1.25. The van der Waals surface area contributed by atoms with Crippen LogP contribution in [0.5, 0.6) is 0 Å². The van der Waals surface area contributed by atoms with Crippen LogP contribution in [0.2, 0.25) is 0 Å². The van der Waals surface area contributed by atoms with E-state index in [-0.39, 0.29) is 17.6 Å². The number of benzene rings is 2. The highest BCUT2D eigenvalue weighted by atomic mass is 19.1. The maximum atomic E-state index is 13.3. The highest BCUT2D eigenvalue weighted by Gasteiger charge is 2.22. The summed E-state index contributed by atoms with van der Waals surface area (Å²) < 4.78 is 26.6. The molecule has 1 heterocycles. The van der Waals surface area contributed by atoms with E-state index in [0.717, 1.165) is 37.9 Å². The van der Waals surface area contributed by atoms with E-state index in [1.54, 1.807) is 17.0 Å². The number of nitrogens with zero attached hydrogens (tertiary/aromatic N) is 3. The van der Waals surface area contributed by atoms with Crippen LogP contribution in [0, 0.1) is 11.6 Å². The summed E-state index contributed by atoms with van der Waals surface area (Å²) in [6.07, 6.45) is 3.74. The van der Waals surface area contributed by atoms with Gasteiger partial charge >= 0.3 is 0 Å². The topological polar surface area (TPSA) is 43.9 Å². The fraction of sp³-hybridized carbons (Fsp3) is 0.462. The van der Waals surface area contributed by atoms with Gasteiger partial charge in [-0.1, -0.05) is 31.9 Å². The summed E-state index contributed by atoms with van der Waals surface area (Å²) in [5, 5.41) is 0.